The molecule has 2 aromatic rings. The van der Waals surface area contributed by atoms with Crippen molar-refractivity contribution in [3.05, 3.63) is 35.2 Å². The van der Waals surface area contributed by atoms with Crippen molar-refractivity contribution in [3.63, 3.8) is 0 Å². The molecule has 3 amide bonds. The van der Waals surface area contributed by atoms with E-state index in [0.29, 0.717) is 23.3 Å². The largest absolute Gasteiger partial charge is 0.356 e. The van der Waals surface area contributed by atoms with Crippen molar-refractivity contribution < 1.29 is 14.4 Å². The molecule has 0 bridgehead atoms. The fourth-order valence-electron chi connectivity index (χ4n) is 2.74. The lowest BCUT2D eigenvalue weighted by atomic mass is 10.1. The van der Waals surface area contributed by atoms with Crippen molar-refractivity contribution >= 4 is 46.0 Å². The second kappa shape index (κ2) is 9.70. The number of hydrogen-bond donors (Lipinski definition) is 2. The standard InChI is InChI=1S/C19H22N4O3S2/c1-13(24)20-8-2-3-14-4-6-15(7-5-14)16-10-28-19(21-16)22-17(25)9-23-12-27-11-18(23)26/h4-7,10H,2-3,8-9,11-12H2,1H3,(H,20,24)(H,21,22,25). The molecule has 0 aliphatic carbocycles. The molecule has 1 aromatic carbocycles. The van der Waals surface area contributed by atoms with Gasteiger partial charge in [0.15, 0.2) is 5.13 Å². The van der Waals surface area contributed by atoms with E-state index in [4.69, 9.17) is 0 Å². The number of aryl methyl sites for hydroxylation is 1. The van der Waals surface area contributed by atoms with Crippen molar-refractivity contribution in [1.82, 2.24) is 15.2 Å². The summed E-state index contributed by atoms with van der Waals surface area (Å²) >= 11 is 2.88. The number of thioether (sulfide) groups is 1. The monoisotopic (exact) mass is 418 g/mol. The van der Waals surface area contributed by atoms with E-state index in [1.54, 1.807) is 4.90 Å². The van der Waals surface area contributed by atoms with Crippen LogP contribution in [0.4, 0.5) is 5.13 Å². The van der Waals surface area contributed by atoms with Crippen molar-refractivity contribution in [2.75, 3.05) is 30.0 Å². The van der Waals surface area contributed by atoms with E-state index >= 15 is 0 Å². The van der Waals surface area contributed by atoms with Crippen LogP contribution in [0.1, 0.15) is 18.9 Å². The SMILES string of the molecule is CC(=O)NCCCc1ccc(-c2csc(NC(=O)CN3CSCC3=O)n2)cc1. The molecule has 0 radical (unpaired) electrons. The lowest BCUT2D eigenvalue weighted by Crippen LogP contribution is -2.34. The molecular formula is C19H22N4O3S2. The Morgan fingerprint density at radius 3 is 2.71 bits per heavy atom. The Kier molecular flexibility index (Phi) is 7.05. The average molecular weight is 419 g/mol. The topological polar surface area (TPSA) is 91.4 Å². The van der Waals surface area contributed by atoms with Crippen LogP contribution in [0.5, 0.6) is 0 Å². The van der Waals surface area contributed by atoms with Crippen LogP contribution >= 0.6 is 23.1 Å². The van der Waals surface area contributed by atoms with Gasteiger partial charge in [0.25, 0.3) is 0 Å². The fraction of sp³-hybridized carbons (Fsp3) is 0.368. The summed E-state index contributed by atoms with van der Waals surface area (Å²) in [6.45, 7) is 2.26. The molecule has 0 spiro atoms. The van der Waals surface area contributed by atoms with Crippen molar-refractivity contribution in [2.45, 2.75) is 19.8 Å². The minimum atomic E-state index is -0.230. The van der Waals surface area contributed by atoms with Crippen LogP contribution in [0.3, 0.4) is 0 Å². The van der Waals surface area contributed by atoms with Crippen LogP contribution in [-0.2, 0) is 20.8 Å². The van der Waals surface area contributed by atoms with Gasteiger partial charge in [-0.05, 0) is 18.4 Å². The molecule has 2 heterocycles. The number of anilines is 1. The van der Waals surface area contributed by atoms with Crippen LogP contribution in [-0.4, -0.2) is 52.3 Å². The molecule has 148 valence electrons. The third-order valence-corrected chi connectivity index (χ3v) is 5.88. The maximum absolute atomic E-state index is 12.1. The molecule has 1 aromatic heterocycles. The summed E-state index contributed by atoms with van der Waals surface area (Å²) < 4.78 is 0. The Labute approximate surface area is 171 Å². The lowest BCUT2D eigenvalue weighted by molar-refractivity contribution is -0.130. The third-order valence-electron chi connectivity index (χ3n) is 4.18. The first-order valence-corrected chi connectivity index (χ1v) is 11.0. The number of carbonyl (C=O) groups is 3. The molecule has 0 atom stereocenters. The van der Waals surface area contributed by atoms with E-state index in [9.17, 15) is 14.4 Å². The summed E-state index contributed by atoms with van der Waals surface area (Å²) in [6, 6.07) is 8.12. The zero-order chi connectivity index (χ0) is 19.9. The van der Waals surface area contributed by atoms with E-state index in [1.165, 1.54) is 35.6 Å². The first-order valence-electron chi connectivity index (χ1n) is 8.96. The Morgan fingerprint density at radius 1 is 1.25 bits per heavy atom. The Bertz CT molecular complexity index is 851. The van der Waals surface area contributed by atoms with E-state index in [0.717, 1.165) is 24.1 Å². The van der Waals surface area contributed by atoms with Gasteiger partial charge >= 0.3 is 0 Å². The summed E-state index contributed by atoms with van der Waals surface area (Å²) in [6.07, 6.45) is 1.79. The van der Waals surface area contributed by atoms with Crippen LogP contribution in [0.15, 0.2) is 29.6 Å². The molecule has 1 aliphatic heterocycles. The second-order valence-electron chi connectivity index (χ2n) is 6.44. The molecule has 3 rings (SSSR count). The smallest absolute Gasteiger partial charge is 0.245 e. The predicted molar refractivity (Wildman–Crippen MR) is 112 cm³/mol. The van der Waals surface area contributed by atoms with E-state index in [2.05, 4.69) is 27.8 Å². The highest BCUT2D eigenvalue weighted by Gasteiger charge is 2.23. The van der Waals surface area contributed by atoms with Crippen LogP contribution < -0.4 is 10.6 Å². The highest BCUT2D eigenvalue weighted by Crippen LogP contribution is 2.25. The number of carbonyl (C=O) groups excluding carboxylic acids is 3. The number of thiazole rings is 1. The Morgan fingerprint density at radius 2 is 2.04 bits per heavy atom. The van der Waals surface area contributed by atoms with E-state index in [-0.39, 0.29) is 24.3 Å². The molecular weight excluding hydrogens is 396 g/mol. The molecule has 1 saturated heterocycles. The number of rotatable bonds is 8. The molecule has 1 fully saturated rings. The highest BCUT2D eigenvalue weighted by atomic mass is 32.2. The maximum atomic E-state index is 12.1. The number of aromatic nitrogens is 1. The predicted octanol–water partition coefficient (Wildman–Crippen LogP) is 2.35. The fourth-order valence-corrected chi connectivity index (χ4v) is 4.38. The van der Waals surface area contributed by atoms with E-state index < -0.39 is 0 Å². The number of nitrogens with zero attached hydrogens (tertiary/aromatic N) is 2. The molecule has 0 saturated carbocycles. The Balaban J connectivity index is 1.51. The van der Waals surface area contributed by atoms with Gasteiger partial charge in [-0.1, -0.05) is 24.3 Å². The molecule has 28 heavy (non-hydrogen) atoms. The lowest BCUT2D eigenvalue weighted by Gasteiger charge is -2.13. The van der Waals surface area contributed by atoms with E-state index in [1.807, 2.05) is 17.5 Å². The van der Waals surface area contributed by atoms with Crippen LogP contribution in [0.25, 0.3) is 11.3 Å². The third kappa shape index (κ3) is 5.80. The summed E-state index contributed by atoms with van der Waals surface area (Å²) in [4.78, 5) is 40.6. The number of amides is 3. The number of nitrogens with one attached hydrogen (secondary N) is 2. The Hall–Kier alpha value is -2.39. The van der Waals surface area contributed by atoms with Gasteiger partial charge in [0, 0.05) is 24.4 Å². The molecule has 9 heteroatoms. The van der Waals surface area contributed by atoms with Crippen LogP contribution in [0, 0.1) is 0 Å². The quantitative estimate of drug-likeness (QED) is 0.642. The molecule has 0 unspecified atom stereocenters. The zero-order valence-electron chi connectivity index (χ0n) is 15.6. The summed E-state index contributed by atoms with van der Waals surface area (Å²) in [5, 5.41) is 7.98. The summed E-state index contributed by atoms with van der Waals surface area (Å²) in [7, 11) is 0. The van der Waals surface area contributed by atoms with Gasteiger partial charge in [-0.25, -0.2) is 4.98 Å². The second-order valence-corrected chi connectivity index (χ2v) is 8.25. The molecule has 2 N–H and O–H groups in total. The van der Waals surface area contributed by atoms with Crippen molar-refractivity contribution in [3.8, 4) is 11.3 Å². The van der Waals surface area contributed by atoms with Crippen molar-refractivity contribution in [1.29, 1.82) is 0 Å². The van der Waals surface area contributed by atoms with Gasteiger partial charge in [0.05, 0.1) is 17.3 Å². The maximum Gasteiger partial charge on any atom is 0.245 e. The van der Waals surface area contributed by atoms with Gasteiger partial charge in [-0.15, -0.1) is 23.1 Å². The zero-order valence-corrected chi connectivity index (χ0v) is 17.2. The van der Waals surface area contributed by atoms with Gasteiger partial charge in [-0.3, -0.25) is 14.4 Å². The summed E-state index contributed by atoms with van der Waals surface area (Å²) in [5.41, 5.74) is 2.98. The molecule has 7 nitrogen and oxygen atoms in total. The van der Waals surface area contributed by atoms with Crippen LogP contribution in [0.2, 0.25) is 0 Å². The first-order chi connectivity index (χ1) is 13.5. The minimum absolute atomic E-state index is 0.00265. The number of benzene rings is 1. The normalized spacial score (nSPS) is 13.6. The van der Waals surface area contributed by atoms with Gasteiger partial charge in [0.2, 0.25) is 17.7 Å². The number of hydrogen-bond acceptors (Lipinski definition) is 6. The minimum Gasteiger partial charge on any atom is -0.356 e. The summed E-state index contributed by atoms with van der Waals surface area (Å²) in [5.74, 6) is 0.765. The van der Waals surface area contributed by atoms with Crippen molar-refractivity contribution in [2.24, 2.45) is 0 Å². The molecule has 1 aliphatic rings. The van der Waals surface area contributed by atoms with Gasteiger partial charge < -0.3 is 15.5 Å². The highest BCUT2D eigenvalue weighted by molar-refractivity contribution is 8.00. The average Bonchev–Trinajstić information content (AvgIpc) is 3.28. The van der Waals surface area contributed by atoms with Gasteiger partial charge in [-0.2, -0.15) is 0 Å². The van der Waals surface area contributed by atoms with Gasteiger partial charge in [0.1, 0.15) is 6.54 Å². The first kappa shape index (κ1) is 20.3.